The fraction of sp³-hybridized carbons (Fsp3) is 0.667. The first-order valence-corrected chi connectivity index (χ1v) is 7.53. The number of halogens is 1. The highest BCUT2D eigenvalue weighted by atomic mass is 79.9. The average Bonchev–Trinajstić information content (AvgIpc) is 2.72. The first-order valence-electron chi connectivity index (χ1n) is 5.92. The van der Waals surface area contributed by atoms with Crippen LogP contribution >= 0.6 is 27.3 Å². The summed E-state index contributed by atoms with van der Waals surface area (Å²) in [6, 6.07) is 2.47. The number of aliphatic hydroxyl groups is 1. The van der Waals surface area contributed by atoms with E-state index in [0.717, 1.165) is 22.6 Å². The molecule has 1 aliphatic rings. The lowest BCUT2D eigenvalue weighted by atomic mass is 10.2. The molecule has 4 nitrogen and oxygen atoms in total. The third-order valence-electron chi connectivity index (χ3n) is 3.09. The fourth-order valence-electron chi connectivity index (χ4n) is 2.02. The Morgan fingerprint density at radius 2 is 2.44 bits per heavy atom. The minimum absolute atomic E-state index is 0.0634. The van der Waals surface area contributed by atoms with Crippen molar-refractivity contribution in [3.63, 3.8) is 0 Å². The van der Waals surface area contributed by atoms with Crippen molar-refractivity contribution in [3.05, 3.63) is 15.4 Å². The summed E-state index contributed by atoms with van der Waals surface area (Å²) in [7, 11) is 1.68. The van der Waals surface area contributed by atoms with Gasteiger partial charge in [-0.25, -0.2) is 0 Å². The van der Waals surface area contributed by atoms with Crippen molar-refractivity contribution >= 4 is 27.3 Å². The monoisotopic (exact) mass is 335 g/mol. The molecule has 0 bridgehead atoms. The van der Waals surface area contributed by atoms with Gasteiger partial charge in [-0.1, -0.05) is 0 Å². The van der Waals surface area contributed by atoms with Crippen molar-refractivity contribution in [1.82, 2.24) is 4.90 Å². The van der Waals surface area contributed by atoms with E-state index in [9.17, 15) is 5.11 Å². The number of methoxy groups -OCH3 is 1. The van der Waals surface area contributed by atoms with Crippen LogP contribution in [0.2, 0.25) is 0 Å². The molecule has 2 rings (SSSR count). The molecule has 102 valence electrons. The molecule has 1 aromatic heterocycles. The van der Waals surface area contributed by atoms with Crippen LogP contribution in [0.15, 0.2) is 10.5 Å². The molecule has 1 fully saturated rings. The van der Waals surface area contributed by atoms with Crippen molar-refractivity contribution in [3.8, 4) is 5.06 Å². The molecule has 0 radical (unpaired) electrons. The Labute approximate surface area is 120 Å². The Bertz CT molecular complexity index is 399. The maximum atomic E-state index is 9.17. The van der Waals surface area contributed by atoms with Gasteiger partial charge in [-0.05, 0) is 28.9 Å². The number of aliphatic hydroxyl groups excluding tert-OH is 1. The molecular weight excluding hydrogens is 318 g/mol. The molecular formula is C12H18BrNO3S. The van der Waals surface area contributed by atoms with Gasteiger partial charge in [0.1, 0.15) is 0 Å². The van der Waals surface area contributed by atoms with Crippen molar-refractivity contribution in [2.24, 2.45) is 0 Å². The molecule has 2 heterocycles. The minimum Gasteiger partial charge on any atom is -0.486 e. The van der Waals surface area contributed by atoms with Crippen LogP contribution in [0.3, 0.4) is 0 Å². The minimum atomic E-state index is -0.0634. The van der Waals surface area contributed by atoms with Gasteiger partial charge in [-0.3, -0.25) is 4.90 Å². The van der Waals surface area contributed by atoms with Gasteiger partial charge >= 0.3 is 0 Å². The van der Waals surface area contributed by atoms with Crippen LogP contribution in [-0.4, -0.2) is 49.0 Å². The van der Waals surface area contributed by atoms with Crippen LogP contribution < -0.4 is 4.74 Å². The van der Waals surface area contributed by atoms with Crippen molar-refractivity contribution < 1.29 is 14.6 Å². The molecule has 2 unspecified atom stereocenters. The molecule has 0 saturated carbocycles. The second kappa shape index (κ2) is 6.34. The third-order valence-corrected chi connectivity index (χ3v) is 5.02. The number of morpholine rings is 1. The van der Waals surface area contributed by atoms with Crippen LogP contribution in [0.4, 0.5) is 0 Å². The lowest BCUT2D eigenvalue weighted by Crippen LogP contribution is -2.48. The van der Waals surface area contributed by atoms with E-state index < -0.39 is 0 Å². The van der Waals surface area contributed by atoms with E-state index in [1.807, 2.05) is 0 Å². The van der Waals surface area contributed by atoms with Gasteiger partial charge in [0.05, 0.1) is 30.9 Å². The summed E-state index contributed by atoms with van der Waals surface area (Å²) in [6.07, 6.45) is -0.0634. The van der Waals surface area contributed by atoms with Gasteiger partial charge < -0.3 is 14.6 Å². The van der Waals surface area contributed by atoms with Crippen LogP contribution in [0.25, 0.3) is 0 Å². The van der Waals surface area contributed by atoms with Crippen LogP contribution in [-0.2, 0) is 11.3 Å². The SMILES string of the molecule is COc1sc(CN2CC(CO)OCC2C)cc1Br. The van der Waals surface area contributed by atoms with E-state index in [1.54, 1.807) is 18.4 Å². The molecule has 2 atom stereocenters. The Kier molecular flexibility index (Phi) is 5.03. The summed E-state index contributed by atoms with van der Waals surface area (Å²) >= 11 is 5.13. The van der Waals surface area contributed by atoms with Gasteiger partial charge in [-0.15, -0.1) is 11.3 Å². The highest BCUT2D eigenvalue weighted by Gasteiger charge is 2.26. The molecule has 1 aliphatic heterocycles. The lowest BCUT2D eigenvalue weighted by Gasteiger charge is -2.37. The topological polar surface area (TPSA) is 41.9 Å². The Balaban J connectivity index is 2.02. The Hall–Kier alpha value is -0.140. The van der Waals surface area contributed by atoms with Gasteiger partial charge in [0.2, 0.25) is 0 Å². The van der Waals surface area contributed by atoms with Crippen LogP contribution in [0.1, 0.15) is 11.8 Å². The molecule has 6 heteroatoms. The van der Waals surface area contributed by atoms with E-state index in [1.165, 1.54) is 4.88 Å². The molecule has 1 aromatic rings. The quantitative estimate of drug-likeness (QED) is 0.914. The highest BCUT2D eigenvalue weighted by Crippen LogP contribution is 2.35. The Morgan fingerprint density at radius 1 is 1.67 bits per heavy atom. The maximum absolute atomic E-state index is 9.17. The van der Waals surface area contributed by atoms with E-state index in [2.05, 4.69) is 33.8 Å². The van der Waals surface area contributed by atoms with E-state index >= 15 is 0 Å². The first-order chi connectivity index (χ1) is 8.63. The van der Waals surface area contributed by atoms with Gasteiger partial charge in [-0.2, -0.15) is 0 Å². The van der Waals surface area contributed by atoms with E-state index in [4.69, 9.17) is 9.47 Å². The maximum Gasteiger partial charge on any atom is 0.188 e. The molecule has 18 heavy (non-hydrogen) atoms. The summed E-state index contributed by atoms with van der Waals surface area (Å²) in [4.78, 5) is 3.59. The van der Waals surface area contributed by atoms with Gasteiger partial charge in [0, 0.05) is 24.0 Å². The number of nitrogens with zero attached hydrogens (tertiary/aromatic N) is 1. The smallest absolute Gasteiger partial charge is 0.188 e. The molecule has 0 spiro atoms. The lowest BCUT2D eigenvalue weighted by molar-refractivity contribution is -0.0802. The molecule has 0 amide bonds. The number of hydrogen-bond donors (Lipinski definition) is 1. The van der Waals surface area contributed by atoms with Crippen molar-refractivity contribution in [2.75, 3.05) is 26.9 Å². The number of hydrogen-bond acceptors (Lipinski definition) is 5. The molecule has 1 N–H and O–H groups in total. The largest absolute Gasteiger partial charge is 0.486 e. The van der Waals surface area contributed by atoms with Crippen LogP contribution in [0, 0.1) is 0 Å². The van der Waals surface area contributed by atoms with Gasteiger partial charge in [0.25, 0.3) is 0 Å². The summed E-state index contributed by atoms with van der Waals surface area (Å²) in [6.45, 7) is 4.55. The highest BCUT2D eigenvalue weighted by molar-refractivity contribution is 9.10. The standard InChI is InChI=1S/C12H18BrNO3S/c1-8-7-17-9(6-15)4-14(8)5-10-3-11(13)12(16-2)18-10/h3,8-9,15H,4-7H2,1-2H3. The Morgan fingerprint density at radius 3 is 3.06 bits per heavy atom. The molecule has 0 aliphatic carbocycles. The molecule has 1 saturated heterocycles. The van der Waals surface area contributed by atoms with Gasteiger partial charge in [0.15, 0.2) is 5.06 Å². The van der Waals surface area contributed by atoms with E-state index in [0.29, 0.717) is 12.6 Å². The normalized spacial score (nSPS) is 25.3. The average molecular weight is 336 g/mol. The van der Waals surface area contributed by atoms with Crippen LogP contribution in [0.5, 0.6) is 5.06 Å². The second-order valence-electron chi connectivity index (χ2n) is 4.47. The fourth-order valence-corrected chi connectivity index (χ4v) is 3.74. The first kappa shape index (κ1) is 14.3. The summed E-state index contributed by atoms with van der Waals surface area (Å²) in [5, 5.41) is 10.1. The predicted octanol–water partition coefficient (Wildman–Crippen LogP) is 2.10. The number of ether oxygens (including phenoxy) is 2. The number of rotatable bonds is 4. The summed E-state index contributed by atoms with van der Waals surface area (Å²) in [5.41, 5.74) is 0. The predicted molar refractivity (Wildman–Crippen MR) is 75.3 cm³/mol. The summed E-state index contributed by atoms with van der Waals surface area (Å²) in [5.74, 6) is 0. The molecule has 0 aromatic carbocycles. The third kappa shape index (κ3) is 3.24. The van der Waals surface area contributed by atoms with Crippen molar-refractivity contribution in [1.29, 1.82) is 0 Å². The second-order valence-corrected chi connectivity index (χ2v) is 6.42. The zero-order valence-corrected chi connectivity index (χ0v) is 13.0. The van der Waals surface area contributed by atoms with Crippen molar-refractivity contribution in [2.45, 2.75) is 25.6 Å². The zero-order valence-electron chi connectivity index (χ0n) is 10.6. The number of thiophene rings is 1. The zero-order chi connectivity index (χ0) is 13.1. The van der Waals surface area contributed by atoms with E-state index in [-0.39, 0.29) is 12.7 Å². The summed E-state index contributed by atoms with van der Waals surface area (Å²) < 4.78 is 11.8.